The number of alkyl halides is 3. The molecule has 0 aliphatic rings. The molecule has 2 aromatic carbocycles. The Morgan fingerprint density at radius 3 is 2.25 bits per heavy atom. The molecule has 0 fully saturated rings. The summed E-state index contributed by atoms with van der Waals surface area (Å²) in [5.74, 6) is 0.307. The number of hydrogen-bond donors (Lipinski definition) is 2. The molecule has 0 saturated carbocycles. The molecule has 2 N–H and O–H groups in total. The topological polar surface area (TPSA) is 50.4 Å². The number of halogens is 3. The van der Waals surface area contributed by atoms with Gasteiger partial charge in [-0.25, -0.2) is 0 Å². The number of carbonyl (C=O) groups excluding carboxylic acids is 1. The minimum atomic E-state index is -1.70. The van der Waals surface area contributed by atoms with Crippen LogP contribution in [0.3, 0.4) is 0 Å². The van der Waals surface area contributed by atoms with Gasteiger partial charge in [-0.1, -0.05) is 65.1 Å². The monoisotopic (exact) mass is 386 g/mol. The molecule has 24 heavy (non-hydrogen) atoms. The summed E-state index contributed by atoms with van der Waals surface area (Å²) in [4.78, 5) is 12.3. The molecule has 0 radical (unpaired) electrons. The Balaban J connectivity index is 2.03. The Morgan fingerprint density at radius 1 is 1.08 bits per heavy atom. The van der Waals surface area contributed by atoms with Gasteiger partial charge in [-0.05, 0) is 29.8 Å². The molecule has 0 bridgehead atoms. The Hall–Kier alpha value is -1.46. The van der Waals surface area contributed by atoms with Crippen LogP contribution in [-0.4, -0.2) is 23.0 Å². The molecule has 7 heteroatoms. The molecule has 0 aliphatic heterocycles. The fraction of sp³-hybridized carbons (Fsp3) is 0.235. The molecule has 0 heterocycles. The average Bonchev–Trinajstić information content (AvgIpc) is 2.58. The lowest BCUT2D eigenvalue weighted by Gasteiger charge is -2.26. The number of amides is 1. The summed E-state index contributed by atoms with van der Waals surface area (Å²) in [5, 5.41) is 5.74. The Labute approximate surface area is 156 Å². The molecule has 1 atom stereocenters. The third kappa shape index (κ3) is 5.56. The van der Waals surface area contributed by atoms with Crippen LogP contribution in [0.2, 0.25) is 0 Å². The first-order valence-corrected chi connectivity index (χ1v) is 8.32. The van der Waals surface area contributed by atoms with Gasteiger partial charge in [0.05, 0.1) is 7.11 Å². The Bertz CT molecular complexity index is 658. The van der Waals surface area contributed by atoms with Crippen LogP contribution in [0, 0.1) is 0 Å². The molecule has 4 nitrogen and oxygen atoms in total. The standard InChI is InChI=1S/C17H17Cl3N2O2/c1-24-14-9-7-13(8-10-14)15(23)22-16(17(18,19)20)21-11-12-5-3-2-4-6-12/h2-10,16,21H,11H2,1H3,(H,22,23)/t16-/m0/s1. The minimum absolute atomic E-state index is 0.352. The lowest BCUT2D eigenvalue weighted by atomic mass is 10.2. The van der Waals surface area contributed by atoms with Crippen LogP contribution in [0.4, 0.5) is 0 Å². The van der Waals surface area contributed by atoms with Gasteiger partial charge in [0.25, 0.3) is 5.91 Å². The van der Waals surface area contributed by atoms with Gasteiger partial charge < -0.3 is 10.1 Å². The molecule has 0 unspecified atom stereocenters. The number of benzene rings is 2. The molecule has 2 aromatic rings. The molecule has 2 rings (SSSR count). The minimum Gasteiger partial charge on any atom is -0.497 e. The van der Waals surface area contributed by atoms with Crippen molar-refractivity contribution in [3.8, 4) is 5.75 Å². The summed E-state index contributed by atoms with van der Waals surface area (Å²) in [6.07, 6.45) is -0.850. The number of carbonyl (C=O) groups is 1. The van der Waals surface area contributed by atoms with Crippen molar-refractivity contribution in [3.63, 3.8) is 0 Å². The quantitative estimate of drug-likeness (QED) is 0.583. The van der Waals surface area contributed by atoms with Gasteiger partial charge in [0.1, 0.15) is 11.9 Å². The first-order valence-electron chi connectivity index (χ1n) is 7.19. The highest BCUT2D eigenvalue weighted by atomic mass is 35.6. The zero-order valence-corrected chi connectivity index (χ0v) is 15.2. The number of rotatable bonds is 6. The van der Waals surface area contributed by atoms with Crippen LogP contribution >= 0.6 is 34.8 Å². The highest BCUT2D eigenvalue weighted by Gasteiger charge is 2.33. The Kier molecular flexibility index (Phi) is 6.75. The summed E-state index contributed by atoms with van der Waals surface area (Å²) in [7, 11) is 1.56. The van der Waals surface area contributed by atoms with Crippen molar-refractivity contribution in [1.29, 1.82) is 0 Å². The van der Waals surface area contributed by atoms with Gasteiger partial charge in [-0.3, -0.25) is 10.1 Å². The van der Waals surface area contributed by atoms with Crippen molar-refractivity contribution in [1.82, 2.24) is 10.6 Å². The summed E-state index contributed by atoms with van der Waals surface area (Å²) in [6, 6.07) is 16.3. The van der Waals surface area contributed by atoms with E-state index in [4.69, 9.17) is 39.5 Å². The summed E-state index contributed by atoms with van der Waals surface area (Å²) in [5.41, 5.74) is 1.45. The number of nitrogens with one attached hydrogen (secondary N) is 2. The molecule has 0 saturated heterocycles. The highest BCUT2D eigenvalue weighted by Crippen LogP contribution is 2.29. The maximum Gasteiger partial charge on any atom is 0.252 e. The average molecular weight is 388 g/mol. The van der Waals surface area contributed by atoms with Gasteiger partial charge in [0.2, 0.25) is 3.79 Å². The van der Waals surface area contributed by atoms with E-state index in [1.54, 1.807) is 31.4 Å². The van der Waals surface area contributed by atoms with Crippen LogP contribution < -0.4 is 15.4 Å². The van der Waals surface area contributed by atoms with E-state index in [2.05, 4.69) is 10.6 Å². The van der Waals surface area contributed by atoms with Crippen molar-refractivity contribution in [2.75, 3.05) is 7.11 Å². The van der Waals surface area contributed by atoms with E-state index in [-0.39, 0.29) is 5.91 Å². The van der Waals surface area contributed by atoms with Gasteiger partial charge in [0, 0.05) is 12.1 Å². The predicted molar refractivity (Wildman–Crippen MR) is 97.8 cm³/mol. The van der Waals surface area contributed by atoms with Crippen LogP contribution in [0.1, 0.15) is 15.9 Å². The van der Waals surface area contributed by atoms with E-state index >= 15 is 0 Å². The maximum atomic E-state index is 12.3. The summed E-state index contributed by atoms with van der Waals surface area (Å²) in [6.45, 7) is 0.447. The largest absolute Gasteiger partial charge is 0.497 e. The fourth-order valence-corrected chi connectivity index (χ4v) is 2.42. The smallest absolute Gasteiger partial charge is 0.252 e. The molecule has 128 valence electrons. The lowest BCUT2D eigenvalue weighted by molar-refractivity contribution is 0.0929. The van der Waals surface area contributed by atoms with E-state index in [0.29, 0.717) is 17.9 Å². The van der Waals surface area contributed by atoms with Crippen LogP contribution in [0.15, 0.2) is 54.6 Å². The number of hydrogen-bond acceptors (Lipinski definition) is 3. The first kappa shape index (κ1) is 18.9. The van der Waals surface area contributed by atoms with Gasteiger partial charge in [-0.2, -0.15) is 0 Å². The predicted octanol–water partition coefficient (Wildman–Crippen LogP) is 3.91. The van der Waals surface area contributed by atoms with Gasteiger partial charge in [0.15, 0.2) is 0 Å². The van der Waals surface area contributed by atoms with Gasteiger partial charge >= 0.3 is 0 Å². The summed E-state index contributed by atoms with van der Waals surface area (Å²) >= 11 is 17.9. The maximum absolute atomic E-state index is 12.3. The Morgan fingerprint density at radius 2 is 1.71 bits per heavy atom. The van der Waals surface area contributed by atoms with Crippen LogP contribution in [0.25, 0.3) is 0 Å². The molecule has 0 spiro atoms. The molecule has 1 amide bonds. The van der Waals surface area contributed by atoms with E-state index in [9.17, 15) is 4.79 Å². The van der Waals surface area contributed by atoms with Crippen LogP contribution in [0.5, 0.6) is 5.75 Å². The molecule has 0 aromatic heterocycles. The summed E-state index contributed by atoms with van der Waals surface area (Å²) < 4.78 is 3.37. The molecular formula is C17H17Cl3N2O2. The zero-order chi connectivity index (χ0) is 17.6. The highest BCUT2D eigenvalue weighted by molar-refractivity contribution is 6.68. The third-order valence-corrected chi connectivity index (χ3v) is 3.96. The van der Waals surface area contributed by atoms with Crippen molar-refractivity contribution in [2.45, 2.75) is 16.5 Å². The van der Waals surface area contributed by atoms with Crippen molar-refractivity contribution in [2.24, 2.45) is 0 Å². The SMILES string of the molecule is COc1ccc(C(=O)N[C@H](NCc2ccccc2)C(Cl)(Cl)Cl)cc1. The van der Waals surface area contributed by atoms with Gasteiger partial charge in [-0.15, -0.1) is 0 Å². The van der Waals surface area contributed by atoms with Crippen molar-refractivity contribution < 1.29 is 9.53 Å². The van der Waals surface area contributed by atoms with Crippen LogP contribution in [-0.2, 0) is 6.54 Å². The number of ether oxygens (including phenoxy) is 1. The second kappa shape index (κ2) is 8.58. The second-order valence-corrected chi connectivity index (χ2v) is 7.41. The second-order valence-electron chi connectivity index (χ2n) is 5.04. The van der Waals surface area contributed by atoms with E-state index in [1.165, 1.54) is 0 Å². The van der Waals surface area contributed by atoms with E-state index in [0.717, 1.165) is 5.56 Å². The lowest BCUT2D eigenvalue weighted by Crippen LogP contribution is -2.53. The molecular weight excluding hydrogens is 371 g/mol. The first-order chi connectivity index (χ1) is 11.4. The third-order valence-electron chi connectivity index (χ3n) is 3.31. The number of methoxy groups -OCH3 is 1. The van der Waals surface area contributed by atoms with E-state index in [1.807, 2.05) is 30.3 Å². The van der Waals surface area contributed by atoms with Crippen molar-refractivity contribution >= 4 is 40.7 Å². The molecule has 0 aliphatic carbocycles. The zero-order valence-electron chi connectivity index (χ0n) is 12.9. The fourth-order valence-electron chi connectivity index (χ4n) is 2.02. The van der Waals surface area contributed by atoms with E-state index < -0.39 is 9.96 Å². The normalized spacial score (nSPS) is 12.5. The van der Waals surface area contributed by atoms with Crippen molar-refractivity contribution in [3.05, 3.63) is 65.7 Å².